The lowest BCUT2D eigenvalue weighted by Crippen LogP contribution is -2.22. The maximum atomic E-state index is 6.39. The molecule has 1 aromatic carbocycles. The molecule has 0 spiro atoms. The Hall–Kier alpha value is -0.250. The third-order valence-electron chi connectivity index (χ3n) is 3.13. The smallest absolute Gasteiger partial charge is 0.0590 e. The molecular weight excluding hydrogens is 333 g/mol. The van der Waals surface area contributed by atoms with Gasteiger partial charge in [-0.1, -0.05) is 47.8 Å². The summed E-state index contributed by atoms with van der Waals surface area (Å²) in [7, 11) is 0. The van der Waals surface area contributed by atoms with Crippen molar-refractivity contribution in [2.75, 3.05) is 6.54 Å². The first-order valence-corrected chi connectivity index (χ1v) is 8.45. The van der Waals surface area contributed by atoms with Crippen molar-refractivity contribution in [3.8, 4) is 0 Å². The van der Waals surface area contributed by atoms with E-state index in [0.29, 0.717) is 10.0 Å². The summed E-state index contributed by atoms with van der Waals surface area (Å²) in [6.07, 6.45) is 0.795. The van der Waals surface area contributed by atoms with E-state index < -0.39 is 0 Å². The molecule has 108 valence electrons. The van der Waals surface area contributed by atoms with E-state index in [9.17, 15) is 0 Å². The summed E-state index contributed by atoms with van der Waals surface area (Å²) in [5, 5.41) is 7.77. The minimum absolute atomic E-state index is 0.171. The first-order chi connectivity index (χ1) is 9.52. The standard InChI is InChI=1S/C15H16Cl3NS/c1-3-19-13(15-14(18)9(2)8-20-15)6-10-4-5-11(16)7-12(10)17/h4-5,7-8,13,19H,3,6H2,1-2H3. The predicted octanol–water partition coefficient (Wildman–Crippen LogP) is 5.91. The zero-order chi connectivity index (χ0) is 14.7. The Balaban J connectivity index is 2.28. The highest BCUT2D eigenvalue weighted by molar-refractivity contribution is 7.10. The van der Waals surface area contributed by atoms with Gasteiger partial charge in [0, 0.05) is 21.0 Å². The fourth-order valence-corrected chi connectivity index (χ4v) is 3.98. The molecule has 2 rings (SSSR count). The summed E-state index contributed by atoms with van der Waals surface area (Å²) in [5.41, 5.74) is 2.20. The van der Waals surface area contributed by atoms with Gasteiger partial charge < -0.3 is 5.32 Å². The highest BCUT2D eigenvalue weighted by atomic mass is 35.5. The molecule has 0 radical (unpaired) electrons. The van der Waals surface area contributed by atoms with Gasteiger partial charge in [0.05, 0.1) is 5.02 Å². The van der Waals surface area contributed by atoms with Crippen LogP contribution in [0.4, 0.5) is 0 Å². The van der Waals surface area contributed by atoms with Crippen molar-refractivity contribution in [2.24, 2.45) is 0 Å². The Kier molecular flexibility index (Phi) is 5.76. The van der Waals surface area contributed by atoms with E-state index in [2.05, 4.69) is 17.6 Å². The lowest BCUT2D eigenvalue weighted by molar-refractivity contribution is 0.558. The molecule has 0 aliphatic heterocycles. The van der Waals surface area contributed by atoms with Gasteiger partial charge in [-0.05, 0) is 48.5 Å². The molecule has 1 aromatic heterocycles. The number of halogens is 3. The Morgan fingerprint density at radius 2 is 2.00 bits per heavy atom. The molecule has 0 aliphatic carbocycles. The van der Waals surface area contributed by atoms with Crippen LogP contribution in [0.5, 0.6) is 0 Å². The molecule has 1 N–H and O–H groups in total. The Morgan fingerprint density at radius 1 is 1.25 bits per heavy atom. The first kappa shape index (κ1) is 16.1. The molecule has 0 bridgehead atoms. The van der Waals surface area contributed by atoms with Crippen molar-refractivity contribution in [3.05, 3.63) is 54.7 Å². The Labute approximate surface area is 138 Å². The average Bonchev–Trinajstić information content (AvgIpc) is 2.73. The second-order valence-electron chi connectivity index (χ2n) is 4.65. The molecule has 1 unspecified atom stereocenters. The molecule has 1 heterocycles. The largest absolute Gasteiger partial charge is 0.309 e. The summed E-state index contributed by atoms with van der Waals surface area (Å²) < 4.78 is 0. The van der Waals surface area contributed by atoms with Gasteiger partial charge >= 0.3 is 0 Å². The lowest BCUT2D eigenvalue weighted by Gasteiger charge is -2.18. The minimum Gasteiger partial charge on any atom is -0.309 e. The number of likely N-dealkylation sites (N-methyl/N-ethyl adjacent to an activating group) is 1. The van der Waals surface area contributed by atoms with Gasteiger partial charge in [0.2, 0.25) is 0 Å². The SMILES string of the molecule is CCNC(Cc1ccc(Cl)cc1Cl)c1scc(C)c1Cl. The molecule has 0 amide bonds. The first-order valence-electron chi connectivity index (χ1n) is 6.43. The van der Waals surface area contributed by atoms with Crippen molar-refractivity contribution in [1.82, 2.24) is 5.32 Å². The molecular formula is C15H16Cl3NS. The van der Waals surface area contributed by atoms with E-state index in [1.807, 2.05) is 19.1 Å². The number of rotatable bonds is 5. The third kappa shape index (κ3) is 3.69. The Morgan fingerprint density at radius 3 is 2.55 bits per heavy atom. The van der Waals surface area contributed by atoms with Crippen LogP contribution in [-0.2, 0) is 6.42 Å². The van der Waals surface area contributed by atoms with Gasteiger partial charge in [0.25, 0.3) is 0 Å². The highest BCUT2D eigenvalue weighted by Gasteiger charge is 2.19. The van der Waals surface area contributed by atoms with Crippen LogP contribution in [0, 0.1) is 6.92 Å². The number of hydrogen-bond acceptors (Lipinski definition) is 2. The van der Waals surface area contributed by atoms with Gasteiger partial charge in [-0.25, -0.2) is 0 Å². The van der Waals surface area contributed by atoms with E-state index in [1.165, 1.54) is 0 Å². The highest BCUT2D eigenvalue weighted by Crippen LogP contribution is 2.35. The number of thiophene rings is 1. The molecule has 0 saturated heterocycles. The van der Waals surface area contributed by atoms with Gasteiger partial charge in [-0.15, -0.1) is 11.3 Å². The van der Waals surface area contributed by atoms with Gasteiger partial charge in [0.1, 0.15) is 0 Å². The normalized spacial score (nSPS) is 12.7. The van der Waals surface area contributed by atoms with E-state index >= 15 is 0 Å². The van der Waals surface area contributed by atoms with Crippen LogP contribution in [0.15, 0.2) is 23.6 Å². The van der Waals surface area contributed by atoms with Crippen molar-refractivity contribution in [1.29, 1.82) is 0 Å². The second kappa shape index (κ2) is 7.15. The number of benzene rings is 1. The van der Waals surface area contributed by atoms with Gasteiger partial charge in [0.15, 0.2) is 0 Å². The molecule has 5 heteroatoms. The maximum Gasteiger partial charge on any atom is 0.0590 e. The molecule has 0 aliphatic rings. The monoisotopic (exact) mass is 347 g/mol. The van der Waals surface area contributed by atoms with Crippen LogP contribution in [0.3, 0.4) is 0 Å². The number of hydrogen-bond donors (Lipinski definition) is 1. The van der Waals surface area contributed by atoms with E-state index in [4.69, 9.17) is 34.8 Å². The van der Waals surface area contributed by atoms with Crippen LogP contribution < -0.4 is 5.32 Å². The summed E-state index contributed by atoms with van der Waals surface area (Å²) in [4.78, 5) is 1.16. The average molecular weight is 349 g/mol. The van der Waals surface area contributed by atoms with E-state index in [-0.39, 0.29) is 6.04 Å². The fraction of sp³-hybridized carbons (Fsp3) is 0.333. The van der Waals surface area contributed by atoms with Gasteiger partial charge in [-0.2, -0.15) is 0 Å². The van der Waals surface area contributed by atoms with Crippen LogP contribution in [-0.4, -0.2) is 6.54 Å². The molecule has 0 saturated carbocycles. The van der Waals surface area contributed by atoms with Crippen LogP contribution in [0.1, 0.15) is 29.0 Å². The van der Waals surface area contributed by atoms with E-state index in [0.717, 1.165) is 34.0 Å². The summed E-state index contributed by atoms with van der Waals surface area (Å²) in [6.45, 7) is 4.99. The number of aryl methyl sites for hydroxylation is 1. The maximum absolute atomic E-state index is 6.39. The summed E-state index contributed by atoms with van der Waals surface area (Å²) >= 11 is 20.3. The molecule has 1 atom stereocenters. The molecule has 2 aromatic rings. The third-order valence-corrected chi connectivity index (χ3v) is 5.55. The van der Waals surface area contributed by atoms with Crippen molar-refractivity contribution in [3.63, 3.8) is 0 Å². The van der Waals surface area contributed by atoms with Crippen molar-refractivity contribution >= 4 is 46.1 Å². The zero-order valence-corrected chi connectivity index (χ0v) is 14.4. The molecule has 0 fully saturated rings. The van der Waals surface area contributed by atoms with Gasteiger partial charge in [-0.3, -0.25) is 0 Å². The van der Waals surface area contributed by atoms with E-state index in [1.54, 1.807) is 17.4 Å². The molecule has 20 heavy (non-hydrogen) atoms. The quantitative estimate of drug-likeness (QED) is 0.708. The zero-order valence-electron chi connectivity index (χ0n) is 11.3. The fourth-order valence-electron chi connectivity index (χ4n) is 2.10. The topological polar surface area (TPSA) is 12.0 Å². The molecule has 1 nitrogen and oxygen atoms in total. The lowest BCUT2D eigenvalue weighted by atomic mass is 10.0. The Bertz CT molecular complexity index is 595. The van der Waals surface area contributed by atoms with Crippen LogP contribution in [0.2, 0.25) is 15.1 Å². The van der Waals surface area contributed by atoms with Crippen molar-refractivity contribution < 1.29 is 0 Å². The summed E-state index contributed by atoms with van der Waals surface area (Å²) in [5.74, 6) is 0. The van der Waals surface area contributed by atoms with Crippen LogP contribution >= 0.6 is 46.1 Å². The van der Waals surface area contributed by atoms with Crippen molar-refractivity contribution in [2.45, 2.75) is 26.3 Å². The predicted molar refractivity (Wildman–Crippen MR) is 90.6 cm³/mol. The summed E-state index contributed by atoms with van der Waals surface area (Å²) in [6, 6.07) is 5.80. The van der Waals surface area contributed by atoms with Crippen LogP contribution in [0.25, 0.3) is 0 Å². The number of nitrogens with one attached hydrogen (secondary N) is 1. The minimum atomic E-state index is 0.171. The second-order valence-corrected chi connectivity index (χ2v) is 6.78.